The summed E-state index contributed by atoms with van der Waals surface area (Å²) in [4.78, 5) is 0. The minimum absolute atomic E-state index is 0.509. The molecule has 2 heteroatoms. The molecular weight excluding hydrogens is 416 g/mol. The summed E-state index contributed by atoms with van der Waals surface area (Å²) >= 11 is 0. The lowest BCUT2D eigenvalue weighted by molar-refractivity contribution is 0.361. The van der Waals surface area contributed by atoms with Crippen LogP contribution in [0.3, 0.4) is 0 Å². The molecule has 4 aromatic carbocycles. The zero-order valence-corrected chi connectivity index (χ0v) is 20.5. The molecular formula is C31H30OSi. The Morgan fingerprint density at radius 3 is 2.30 bits per heavy atom. The van der Waals surface area contributed by atoms with E-state index in [1.165, 1.54) is 33.4 Å². The molecule has 0 aromatic heterocycles. The van der Waals surface area contributed by atoms with Gasteiger partial charge < -0.3 is 4.74 Å². The maximum Gasteiger partial charge on any atom is 0.130 e. The van der Waals surface area contributed by atoms with Crippen LogP contribution in [0.1, 0.15) is 16.7 Å². The largest absolute Gasteiger partial charge is 0.489 e. The Bertz CT molecular complexity index is 1300. The van der Waals surface area contributed by atoms with Gasteiger partial charge in [0.1, 0.15) is 12.4 Å². The van der Waals surface area contributed by atoms with E-state index < -0.39 is 8.07 Å². The van der Waals surface area contributed by atoms with Crippen molar-refractivity contribution in [2.24, 2.45) is 0 Å². The van der Waals surface area contributed by atoms with Gasteiger partial charge in [-0.3, -0.25) is 0 Å². The Morgan fingerprint density at radius 1 is 0.788 bits per heavy atom. The predicted octanol–water partition coefficient (Wildman–Crippen LogP) is 7.19. The van der Waals surface area contributed by atoms with Crippen molar-refractivity contribution in [2.75, 3.05) is 6.61 Å². The van der Waals surface area contributed by atoms with Crippen molar-refractivity contribution in [1.29, 1.82) is 0 Å². The van der Waals surface area contributed by atoms with Crippen molar-refractivity contribution in [2.45, 2.75) is 25.6 Å². The fraction of sp³-hybridized carbons (Fsp3) is 0.161. The Kier molecular flexibility index (Phi) is 5.78. The monoisotopic (exact) mass is 446 g/mol. The highest BCUT2D eigenvalue weighted by Gasteiger charge is 2.31. The van der Waals surface area contributed by atoms with Crippen LogP contribution in [0.2, 0.25) is 13.1 Å². The molecule has 0 spiro atoms. The number of para-hydroxylation sites is 1. The lowest BCUT2D eigenvalue weighted by atomic mass is 10.0. The van der Waals surface area contributed by atoms with E-state index in [1.54, 1.807) is 5.19 Å². The standard InChI is InChI=1S/C31H30OSi/c1-4-20-32-31-25(15-10-17-27(31)23-12-6-5-7-13-23)22-33(2,3)30-19-11-18-28-26-16-9-8-14-24(26)21-29(28)30/h4-19H,1,20-22H2,2-3H3. The van der Waals surface area contributed by atoms with Gasteiger partial charge in [-0.05, 0) is 45.8 Å². The van der Waals surface area contributed by atoms with Gasteiger partial charge >= 0.3 is 0 Å². The highest BCUT2D eigenvalue weighted by atomic mass is 28.3. The molecule has 0 amide bonds. The fourth-order valence-corrected chi connectivity index (χ4v) is 8.25. The summed E-state index contributed by atoms with van der Waals surface area (Å²) in [5.41, 5.74) is 9.45. The Morgan fingerprint density at radius 2 is 1.48 bits per heavy atom. The van der Waals surface area contributed by atoms with Crippen molar-refractivity contribution in [1.82, 2.24) is 0 Å². The highest BCUT2D eigenvalue weighted by Crippen LogP contribution is 2.38. The second kappa shape index (κ2) is 8.88. The van der Waals surface area contributed by atoms with Gasteiger partial charge in [0.05, 0.1) is 8.07 Å². The molecule has 164 valence electrons. The zero-order chi connectivity index (χ0) is 22.8. The van der Waals surface area contributed by atoms with Gasteiger partial charge in [-0.25, -0.2) is 0 Å². The smallest absolute Gasteiger partial charge is 0.130 e. The third kappa shape index (κ3) is 4.07. The Balaban J connectivity index is 1.55. The van der Waals surface area contributed by atoms with Gasteiger partial charge in [-0.2, -0.15) is 0 Å². The first-order valence-electron chi connectivity index (χ1n) is 11.7. The number of ether oxygens (including phenoxy) is 1. The molecule has 1 nitrogen and oxygen atoms in total. The zero-order valence-electron chi connectivity index (χ0n) is 19.5. The molecule has 0 N–H and O–H groups in total. The number of hydrogen-bond acceptors (Lipinski definition) is 1. The molecule has 33 heavy (non-hydrogen) atoms. The maximum absolute atomic E-state index is 6.30. The molecule has 0 heterocycles. The van der Waals surface area contributed by atoms with Crippen molar-refractivity contribution in [3.8, 4) is 28.0 Å². The summed E-state index contributed by atoms with van der Waals surface area (Å²) in [6, 6.07) is 33.9. The van der Waals surface area contributed by atoms with Crippen molar-refractivity contribution >= 4 is 13.3 Å². The molecule has 4 aromatic rings. The first-order chi connectivity index (χ1) is 16.1. The molecule has 0 saturated carbocycles. The van der Waals surface area contributed by atoms with Crippen molar-refractivity contribution in [3.63, 3.8) is 0 Å². The van der Waals surface area contributed by atoms with Gasteiger partial charge in [0, 0.05) is 5.56 Å². The number of fused-ring (bicyclic) bond motifs is 3. The molecule has 1 aliphatic rings. The van der Waals surface area contributed by atoms with Crippen LogP contribution in [0.25, 0.3) is 22.3 Å². The van der Waals surface area contributed by atoms with E-state index in [0.29, 0.717) is 6.61 Å². The quantitative estimate of drug-likeness (QED) is 0.190. The molecule has 0 fully saturated rings. The number of benzene rings is 4. The molecule has 0 aliphatic heterocycles. The highest BCUT2D eigenvalue weighted by molar-refractivity contribution is 6.89. The summed E-state index contributed by atoms with van der Waals surface area (Å²) in [7, 11) is -1.82. The molecule has 0 saturated heterocycles. The van der Waals surface area contributed by atoms with Gasteiger partial charge in [-0.1, -0.05) is 122 Å². The van der Waals surface area contributed by atoms with Crippen LogP contribution < -0.4 is 9.92 Å². The van der Waals surface area contributed by atoms with E-state index in [1.807, 2.05) is 6.08 Å². The third-order valence-electron chi connectivity index (χ3n) is 6.74. The molecule has 0 atom stereocenters. The first kappa shape index (κ1) is 21.5. The van der Waals surface area contributed by atoms with Gasteiger partial charge in [-0.15, -0.1) is 0 Å². The normalized spacial score (nSPS) is 12.2. The fourth-order valence-electron chi connectivity index (χ4n) is 5.24. The molecule has 0 bridgehead atoms. The predicted molar refractivity (Wildman–Crippen MR) is 143 cm³/mol. The van der Waals surface area contributed by atoms with E-state index in [-0.39, 0.29) is 0 Å². The average Bonchev–Trinajstić information content (AvgIpc) is 3.22. The Labute approximate surface area is 198 Å². The van der Waals surface area contributed by atoms with Gasteiger partial charge in [0.2, 0.25) is 0 Å². The summed E-state index contributed by atoms with van der Waals surface area (Å²) in [6.07, 6.45) is 2.87. The van der Waals surface area contributed by atoms with Crippen LogP contribution in [0.5, 0.6) is 5.75 Å². The summed E-state index contributed by atoms with van der Waals surface area (Å²) < 4.78 is 6.30. The van der Waals surface area contributed by atoms with Crippen LogP contribution in [-0.2, 0) is 12.5 Å². The second-order valence-corrected chi connectivity index (χ2v) is 14.1. The van der Waals surface area contributed by atoms with Crippen LogP contribution in [0, 0.1) is 0 Å². The summed E-state index contributed by atoms with van der Waals surface area (Å²) in [5, 5.41) is 1.57. The summed E-state index contributed by atoms with van der Waals surface area (Å²) in [5.74, 6) is 1.00. The average molecular weight is 447 g/mol. The van der Waals surface area contributed by atoms with Crippen LogP contribution in [0.15, 0.2) is 104 Å². The molecule has 1 aliphatic carbocycles. The van der Waals surface area contributed by atoms with Crippen molar-refractivity contribution < 1.29 is 4.74 Å². The molecule has 0 unspecified atom stereocenters. The van der Waals surface area contributed by atoms with Gasteiger partial charge in [0.15, 0.2) is 0 Å². The van der Waals surface area contributed by atoms with E-state index in [4.69, 9.17) is 4.74 Å². The lowest BCUT2D eigenvalue weighted by Crippen LogP contribution is -2.46. The lowest BCUT2D eigenvalue weighted by Gasteiger charge is -2.27. The maximum atomic E-state index is 6.30. The molecule has 0 radical (unpaired) electrons. The van der Waals surface area contributed by atoms with E-state index in [9.17, 15) is 0 Å². The summed E-state index contributed by atoms with van der Waals surface area (Å²) in [6.45, 7) is 9.38. The van der Waals surface area contributed by atoms with Crippen LogP contribution in [0.4, 0.5) is 0 Å². The van der Waals surface area contributed by atoms with Gasteiger partial charge in [0.25, 0.3) is 0 Å². The van der Waals surface area contributed by atoms with Crippen molar-refractivity contribution in [3.05, 3.63) is 120 Å². The minimum atomic E-state index is -1.82. The van der Waals surface area contributed by atoms with E-state index >= 15 is 0 Å². The van der Waals surface area contributed by atoms with E-state index in [0.717, 1.165) is 23.8 Å². The number of hydrogen-bond donors (Lipinski definition) is 0. The number of rotatable bonds is 7. The van der Waals surface area contributed by atoms with E-state index in [2.05, 4.69) is 111 Å². The third-order valence-corrected chi connectivity index (χ3v) is 9.93. The van der Waals surface area contributed by atoms with Crippen LogP contribution >= 0.6 is 0 Å². The minimum Gasteiger partial charge on any atom is -0.489 e. The first-order valence-corrected chi connectivity index (χ1v) is 14.9. The molecule has 5 rings (SSSR count). The Hall–Kier alpha value is -3.36. The second-order valence-electron chi connectivity index (χ2n) is 9.49. The SMILES string of the molecule is C=CCOc1c(C[Si](C)(C)c2cccc3c2Cc2ccccc2-3)cccc1-c1ccccc1. The topological polar surface area (TPSA) is 9.23 Å². The van der Waals surface area contributed by atoms with Crippen LogP contribution in [-0.4, -0.2) is 14.7 Å².